The van der Waals surface area contributed by atoms with Crippen molar-refractivity contribution < 1.29 is 8.78 Å². The van der Waals surface area contributed by atoms with Gasteiger partial charge in [-0.25, -0.2) is 8.78 Å². The maximum absolute atomic E-state index is 13.2. The zero-order valence-electron chi connectivity index (χ0n) is 9.81. The highest BCUT2D eigenvalue weighted by Crippen LogP contribution is 2.19. The number of aryl methyl sites for hydroxylation is 1. The largest absolute Gasteiger partial charge is 0.381 e. The molecule has 0 spiro atoms. The fraction of sp³-hybridized carbons (Fsp3) is 0.143. The number of hydrogen-bond acceptors (Lipinski definition) is 1. The van der Waals surface area contributed by atoms with Crippen molar-refractivity contribution in [2.75, 3.05) is 5.32 Å². The summed E-state index contributed by atoms with van der Waals surface area (Å²) >= 11 is 5.60. The summed E-state index contributed by atoms with van der Waals surface area (Å²) in [5.74, 6) is -0.706. The van der Waals surface area contributed by atoms with Gasteiger partial charge in [0.2, 0.25) is 0 Å². The van der Waals surface area contributed by atoms with E-state index in [2.05, 4.69) is 5.32 Å². The molecule has 0 atom stereocenters. The third-order valence-corrected chi connectivity index (χ3v) is 2.96. The topological polar surface area (TPSA) is 12.0 Å². The molecule has 0 aromatic heterocycles. The molecule has 1 N–H and O–H groups in total. The molecule has 94 valence electrons. The molecule has 0 radical (unpaired) electrons. The first kappa shape index (κ1) is 12.8. The van der Waals surface area contributed by atoms with Gasteiger partial charge in [0.25, 0.3) is 0 Å². The van der Waals surface area contributed by atoms with Gasteiger partial charge in [-0.2, -0.15) is 0 Å². The van der Waals surface area contributed by atoms with E-state index in [1.807, 2.05) is 6.92 Å². The number of halogens is 3. The quantitative estimate of drug-likeness (QED) is 0.861. The van der Waals surface area contributed by atoms with Crippen LogP contribution in [0.2, 0.25) is 5.02 Å². The van der Waals surface area contributed by atoms with Gasteiger partial charge >= 0.3 is 0 Å². The number of rotatable bonds is 3. The van der Waals surface area contributed by atoms with Crippen LogP contribution < -0.4 is 5.32 Å². The average Bonchev–Trinajstić information content (AvgIpc) is 2.32. The summed E-state index contributed by atoms with van der Waals surface area (Å²) in [6, 6.07) is 9.15. The van der Waals surface area contributed by atoms with Crippen LogP contribution in [0.1, 0.15) is 11.1 Å². The minimum absolute atomic E-state index is 0.108. The van der Waals surface area contributed by atoms with Crippen LogP contribution in [0, 0.1) is 18.6 Å². The second-order valence-electron chi connectivity index (χ2n) is 4.06. The third-order valence-electron chi connectivity index (χ3n) is 2.66. The van der Waals surface area contributed by atoms with Gasteiger partial charge in [-0.3, -0.25) is 0 Å². The minimum atomic E-state index is -0.438. The average molecular weight is 268 g/mol. The molecular formula is C14H12ClF2N. The molecule has 0 aliphatic heterocycles. The summed E-state index contributed by atoms with van der Waals surface area (Å²) in [5.41, 5.74) is 2.41. The van der Waals surface area contributed by atoms with E-state index in [9.17, 15) is 8.78 Å². The minimum Gasteiger partial charge on any atom is -0.381 e. The number of nitrogens with one attached hydrogen (secondary N) is 1. The van der Waals surface area contributed by atoms with Crippen molar-refractivity contribution in [3.63, 3.8) is 0 Å². The number of anilines is 1. The highest BCUT2D eigenvalue weighted by Gasteiger charge is 2.03. The SMILES string of the molecule is Cc1cc(F)ccc1NCc1ccc(Cl)c(F)c1. The summed E-state index contributed by atoms with van der Waals surface area (Å²) in [6.45, 7) is 2.27. The summed E-state index contributed by atoms with van der Waals surface area (Å²) in [6.07, 6.45) is 0. The molecule has 0 fully saturated rings. The van der Waals surface area contributed by atoms with Crippen LogP contribution in [0.4, 0.5) is 14.5 Å². The molecule has 4 heteroatoms. The van der Waals surface area contributed by atoms with Crippen LogP contribution in [0.15, 0.2) is 36.4 Å². The monoisotopic (exact) mass is 267 g/mol. The van der Waals surface area contributed by atoms with Gasteiger partial charge in [0.1, 0.15) is 11.6 Å². The summed E-state index contributed by atoms with van der Waals surface area (Å²) in [5, 5.41) is 3.23. The van der Waals surface area contributed by atoms with Crippen LogP contribution in [-0.2, 0) is 6.54 Å². The van der Waals surface area contributed by atoms with Crippen LogP contribution in [-0.4, -0.2) is 0 Å². The molecule has 2 aromatic carbocycles. The lowest BCUT2D eigenvalue weighted by Gasteiger charge is -2.10. The van der Waals surface area contributed by atoms with E-state index in [1.165, 1.54) is 24.3 Å². The molecule has 0 saturated carbocycles. The molecule has 18 heavy (non-hydrogen) atoms. The van der Waals surface area contributed by atoms with Gasteiger partial charge in [-0.1, -0.05) is 17.7 Å². The molecule has 2 rings (SSSR count). The molecule has 0 aliphatic carbocycles. The van der Waals surface area contributed by atoms with E-state index in [0.29, 0.717) is 6.54 Å². The Labute approximate surface area is 109 Å². The molecule has 0 saturated heterocycles. The lowest BCUT2D eigenvalue weighted by molar-refractivity contribution is 0.626. The Morgan fingerprint density at radius 1 is 1.11 bits per heavy atom. The Bertz CT molecular complexity index is 570. The van der Waals surface area contributed by atoms with Gasteiger partial charge in [-0.05, 0) is 48.4 Å². The Morgan fingerprint density at radius 3 is 2.56 bits per heavy atom. The Hall–Kier alpha value is -1.61. The van der Waals surface area contributed by atoms with Gasteiger partial charge in [0, 0.05) is 12.2 Å². The van der Waals surface area contributed by atoms with Gasteiger partial charge in [0.15, 0.2) is 0 Å². The van der Waals surface area contributed by atoms with Crippen LogP contribution in [0.3, 0.4) is 0 Å². The Balaban J connectivity index is 2.09. The van der Waals surface area contributed by atoms with Crippen molar-refractivity contribution >= 4 is 17.3 Å². The highest BCUT2D eigenvalue weighted by molar-refractivity contribution is 6.30. The molecule has 0 aliphatic rings. The smallest absolute Gasteiger partial charge is 0.142 e. The predicted molar refractivity (Wildman–Crippen MR) is 69.9 cm³/mol. The van der Waals surface area contributed by atoms with E-state index in [1.54, 1.807) is 12.1 Å². The molecule has 0 amide bonds. The lowest BCUT2D eigenvalue weighted by atomic mass is 10.1. The third kappa shape index (κ3) is 2.99. The molecular weight excluding hydrogens is 256 g/mol. The standard InChI is InChI=1S/C14H12ClF2N/c1-9-6-11(16)3-5-14(9)18-8-10-2-4-12(15)13(17)7-10/h2-7,18H,8H2,1H3. The normalized spacial score (nSPS) is 10.4. The fourth-order valence-electron chi connectivity index (χ4n) is 1.67. The Kier molecular flexibility index (Phi) is 3.82. The van der Waals surface area contributed by atoms with E-state index >= 15 is 0 Å². The van der Waals surface area contributed by atoms with Gasteiger partial charge in [-0.15, -0.1) is 0 Å². The number of benzene rings is 2. The molecule has 2 aromatic rings. The first-order valence-electron chi connectivity index (χ1n) is 5.50. The van der Waals surface area contributed by atoms with Gasteiger partial charge in [0.05, 0.1) is 5.02 Å². The van der Waals surface area contributed by atoms with Gasteiger partial charge < -0.3 is 5.32 Å². The van der Waals surface area contributed by atoms with E-state index in [-0.39, 0.29) is 10.8 Å². The molecule has 1 nitrogen and oxygen atoms in total. The van der Waals surface area contributed by atoms with Crippen molar-refractivity contribution in [1.82, 2.24) is 0 Å². The second kappa shape index (κ2) is 5.36. The van der Waals surface area contributed by atoms with Crippen molar-refractivity contribution in [2.24, 2.45) is 0 Å². The summed E-state index contributed by atoms with van der Waals surface area (Å²) in [7, 11) is 0. The summed E-state index contributed by atoms with van der Waals surface area (Å²) < 4.78 is 26.1. The van der Waals surface area contributed by atoms with E-state index < -0.39 is 5.82 Å². The Morgan fingerprint density at radius 2 is 1.89 bits per heavy atom. The first-order valence-corrected chi connectivity index (χ1v) is 5.88. The highest BCUT2D eigenvalue weighted by atomic mass is 35.5. The zero-order valence-corrected chi connectivity index (χ0v) is 10.6. The van der Waals surface area contributed by atoms with E-state index in [0.717, 1.165) is 16.8 Å². The van der Waals surface area contributed by atoms with Crippen molar-refractivity contribution in [2.45, 2.75) is 13.5 Å². The van der Waals surface area contributed by atoms with Crippen molar-refractivity contribution in [3.8, 4) is 0 Å². The van der Waals surface area contributed by atoms with Crippen LogP contribution in [0.25, 0.3) is 0 Å². The van der Waals surface area contributed by atoms with Crippen molar-refractivity contribution in [1.29, 1.82) is 0 Å². The lowest BCUT2D eigenvalue weighted by Crippen LogP contribution is -2.01. The maximum Gasteiger partial charge on any atom is 0.142 e. The molecule has 0 bridgehead atoms. The van der Waals surface area contributed by atoms with Crippen LogP contribution in [0.5, 0.6) is 0 Å². The second-order valence-corrected chi connectivity index (χ2v) is 4.47. The van der Waals surface area contributed by atoms with E-state index in [4.69, 9.17) is 11.6 Å². The summed E-state index contributed by atoms with van der Waals surface area (Å²) in [4.78, 5) is 0. The van der Waals surface area contributed by atoms with Crippen molar-refractivity contribution in [3.05, 3.63) is 64.2 Å². The first-order chi connectivity index (χ1) is 8.56. The molecule has 0 heterocycles. The predicted octanol–water partition coefficient (Wildman–Crippen LogP) is 4.54. The number of hydrogen-bond donors (Lipinski definition) is 1. The fourth-order valence-corrected chi connectivity index (χ4v) is 1.79. The zero-order chi connectivity index (χ0) is 13.1. The maximum atomic E-state index is 13.2. The molecule has 0 unspecified atom stereocenters. The van der Waals surface area contributed by atoms with Crippen LogP contribution >= 0.6 is 11.6 Å².